The summed E-state index contributed by atoms with van der Waals surface area (Å²) in [6, 6.07) is 17.9. The van der Waals surface area contributed by atoms with Gasteiger partial charge in [0.25, 0.3) is 10.2 Å². The Balaban J connectivity index is 1.54. The van der Waals surface area contributed by atoms with Crippen molar-refractivity contribution in [1.82, 2.24) is 13.9 Å². The number of nitrogens with one attached hydrogen (secondary N) is 1. The highest BCUT2D eigenvalue weighted by molar-refractivity contribution is 7.86. The van der Waals surface area contributed by atoms with Crippen LogP contribution in [0.5, 0.6) is 0 Å². The third kappa shape index (κ3) is 5.90. The first-order chi connectivity index (χ1) is 14.4. The molecule has 1 aliphatic heterocycles. The monoisotopic (exact) mass is 429 g/mol. The molecule has 1 amide bonds. The molecule has 0 saturated carbocycles. The number of carbonyl (C=O) groups excluding carboxylic acids is 1. The molecular weight excluding hydrogens is 398 g/mol. The van der Waals surface area contributed by atoms with Gasteiger partial charge in [0.05, 0.1) is 6.54 Å². The van der Waals surface area contributed by atoms with E-state index in [-0.39, 0.29) is 18.5 Å². The van der Waals surface area contributed by atoms with Crippen LogP contribution < -0.4 is 5.32 Å². The second-order valence-corrected chi connectivity index (χ2v) is 9.88. The molecule has 6 nitrogen and oxygen atoms in total. The summed E-state index contributed by atoms with van der Waals surface area (Å²) in [6.07, 6.45) is 2.39. The van der Waals surface area contributed by atoms with Gasteiger partial charge in [-0.1, -0.05) is 54.6 Å². The van der Waals surface area contributed by atoms with Crippen LogP contribution in [0.25, 0.3) is 0 Å². The largest absolute Gasteiger partial charge is 0.352 e. The molecule has 0 radical (unpaired) electrons. The van der Waals surface area contributed by atoms with Gasteiger partial charge in [0.15, 0.2) is 0 Å². The van der Waals surface area contributed by atoms with Crippen LogP contribution in [-0.4, -0.2) is 48.6 Å². The lowest BCUT2D eigenvalue weighted by atomic mass is 10.1. The Morgan fingerprint density at radius 1 is 1.03 bits per heavy atom. The molecule has 1 fully saturated rings. The highest BCUT2D eigenvalue weighted by atomic mass is 32.2. The maximum atomic E-state index is 13.0. The van der Waals surface area contributed by atoms with Crippen LogP contribution in [0.3, 0.4) is 0 Å². The van der Waals surface area contributed by atoms with Crippen molar-refractivity contribution in [2.24, 2.45) is 0 Å². The van der Waals surface area contributed by atoms with Gasteiger partial charge in [0.1, 0.15) is 0 Å². The summed E-state index contributed by atoms with van der Waals surface area (Å²) in [5, 5.41) is 2.95. The fourth-order valence-electron chi connectivity index (χ4n) is 3.70. The van der Waals surface area contributed by atoms with E-state index in [9.17, 15) is 13.2 Å². The Bertz CT molecular complexity index is 947. The molecule has 1 saturated heterocycles. The van der Waals surface area contributed by atoms with E-state index in [0.29, 0.717) is 26.1 Å². The molecule has 0 spiro atoms. The molecular formula is C23H31N3O3S. The third-order valence-electron chi connectivity index (χ3n) is 5.51. The number of benzene rings is 2. The Kier molecular flexibility index (Phi) is 7.64. The summed E-state index contributed by atoms with van der Waals surface area (Å²) in [6.45, 7) is 4.98. The van der Waals surface area contributed by atoms with Gasteiger partial charge in [-0.05, 0) is 49.8 Å². The van der Waals surface area contributed by atoms with Gasteiger partial charge in [-0.3, -0.25) is 4.79 Å². The third-order valence-corrected chi connectivity index (χ3v) is 7.44. The Morgan fingerprint density at radius 2 is 1.70 bits per heavy atom. The van der Waals surface area contributed by atoms with Gasteiger partial charge in [-0.2, -0.15) is 17.0 Å². The number of nitrogens with zero attached hydrogens (tertiary/aromatic N) is 2. The van der Waals surface area contributed by atoms with Crippen LogP contribution in [-0.2, 0) is 28.0 Å². The van der Waals surface area contributed by atoms with Crippen molar-refractivity contribution < 1.29 is 13.2 Å². The molecule has 7 heteroatoms. The molecule has 3 rings (SSSR count). The maximum absolute atomic E-state index is 13.0. The predicted octanol–water partition coefficient (Wildman–Crippen LogP) is 2.89. The highest BCUT2D eigenvalue weighted by Gasteiger charge is 2.34. The minimum atomic E-state index is -3.66. The topological polar surface area (TPSA) is 69.7 Å². The van der Waals surface area contributed by atoms with Crippen LogP contribution in [0.1, 0.15) is 36.5 Å². The van der Waals surface area contributed by atoms with Crippen molar-refractivity contribution in [3.05, 3.63) is 71.3 Å². The van der Waals surface area contributed by atoms with E-state index in [1.807, 2.05) is 56.3 Å². The molecule has 1 aliphatic rings. The fourth-order valence-corrected chi connectivity index (χ4v) is 5.33. The van der Waals surface area contributed by atoms with E-state index in [1.54, 1.807) is 0 Å². The fraction of sp³-hybridized carbons (Fsp3) is 0.435. The van der Waals surface area contributed by atoms with Gasteiger partial charge in [0, 0.05) is 25.7 Å². The zero-order chi connectivity index (χ0) is 21.6. The standard InChI is InChI=1S/C23H31N3O3S/c1-19-9-6-7-12-22(19)17-25-15-8-16-26(30(25,28)29)18-23(27)24-20(2)13-14-21-10-4-3-5-11-21/h3-7,9-12,20H,8,13-18H2,1-2H3,(H,24,27)/t20-/m0/s1. The Labute approximate surface area is 180 Å². The van der Waals surface area contributed by atoms with Crippen LogP contribution >= 0.6 is 0 Å². The number of rotatable bonds is 8. The molecule has 1 atom stereocenters. The summed E-state index contributed by atoms with van der Waals surface area (Å²) in [5.74, 6) is -0.253. The zero-order valence-electron chi connectivity index (χ0n) is 17.8. The van der Waals surface area contributed by atoms with Crippen molar-refractivity contribution in [1.29, 1.82) is 0 Å². The average Bonchev–Trinajstić information content (AvgIpc) is 2.72. The van der Waals surface area contributed by atoms with Crippen molar-refractivity contribution in [3.63, 3.8) is 0 Å². The first kappa shape index (κ1) is 22.5. The van der Waals surface area contributed by atoms with Crippen molar-refractivity contribution >= 4 is 16.1 Å². The van der Waals surface area contributed by atoms with Crippen molar-refractivity contribution in [3.8, 4) is 0 Å². The molecule has 0 aromatic heterocycles. The van der Waals surface area contributed by atoms with Gasteiger partial charge < -0.3 is 5.32 Å². The summed E-state index contributed by atoms with van der Waals surface area (Å²) in [7, 11) is -3.66. The molecule has 1 N–H and O–H groups in total. The highest BCUT2D eigenvalue weighted by Crippen LogP contribution is 2.20. The molecule has 0 bridgehead atoms. The lowest BCUT2D eigenvalue weighted by Crippen LogP contribution is -2.52. The molecule has 1 heterocycles. The number of amides is 1. The summed E-state index contributed by atoms with van der Waals surface area (Å²) >= 11 is 0. The quantitative estimate of drug-likeness (QED) is 0.702. The molecule has 2 aromatic carbocycles. The molecule has 0 unspecified atom stereocenters. The number of aryl methyl sites for hydroxylation is 2. The van der Waals surface area contributed by atoms with Gasteiger partial charge >= 0.3 is 0 Å². The smallest absolute Gasteiger partial charge is 0.282 e. The minimum Gasteiger partial charge on any atom is -0.352 e. The lowest BCUT2D eigenvalue weighted by molar-refractivity contribution is -0.122. The maximum Gasteiger partial charge on any atom is 0.282 e. The van der Waals surface area contributed by atoms with E-state index in [1.165, 1.54) is 14.2 Å². The summed E-state index contributed by atoms with van der Waals surface area (Å²) < 4.78 is 28.8. The Hall–Kier alpha value is -2.22. The van der Waals surface area contributed by atoms with E-state index in [2.05, 4.69) is 17.4 Å². The number of carbonyl (C=O) groups is 1. The Morgan fingerprint density at radius 3 is 2.43 bits per heavy atom. The van der Waals surface area contributed by atoms with Gasteiger partial charge in [0.2, 0.25) is 5.91 Å². The van der Waals surface area contributed by atoms with E-state index in [4.69, 9.17) is 0 Å². The first-order valence-corrected chi connectivity index (χ1v) is 11.9. The van der Waals surface area contributed by atoms with Gasteiger partial charge in [-0.25, -0.2) is 0 Å². The second kappa shape index (κ2) is 10.2. The van der Waals surface area contributed by atoms with E-state index < -0.39 is 10.2 Å². The number of hydrogen-bond donors (Lipinski definition) is 1. The summed E-state index contributed by atoms with van der Waals surface area (Å²) in [5.41, 5.74) is 3.28. The molecule has 30 heavy (non-hydrogen) atoms. The molecule has 0 aliphatic carbocycles. The average molecular weight is 430 g/mol. The second-order valence-electron chi connectivity index (χ2n) is 7.95. The van der Waals surface area contributed by atoms with Gasteiger partial charge in [-0.15, -0.1) is 0 Å². The molecule has 162 valence electrons. The van der Waals surface area contributed by atoms with Crippen LogP contribution in [0.4, 0.5) is 0 Å². The summed E-state index contributed by atoms with van der Waals surface area (Å²) in [4.78, 5) is 12.5. The first-order valence-electron chi connectivity index (χ1n) is 10.5. The van der Waals surface area contributed by atoms with Crippen LogP contribution in [0.2, 0.25) is 0 Å². The van der Waals surface area contributed by atoms with E-state index >= 15 is 0 Å². The SMILES string of the molecule is Cc1ccccc1CN1CCCN(CC(=O)N[C@@H](C)CCc2ccccc2)S1(=O)=O. The van der Waals surface area contributed by atoms with Crippen LogP contribution in [0.15, 0.2) is 54.6 Å². The normalized spacial score (nSPS) is 18.1. The van der Waals surface area contributed by atoms with Crippen molar-refractivity contribution in [2.75, 3.05) is 19.6 Å². The van der Waals surface area contributed by atoms with E-state index in [0.717, 1.165) is 24.0 Å². The zero-order valence-corrected chi connectivity index (χ0v) is 18.6. The predicted molar refractivity (Wildman–Crippen MR) is 119 cm³/mol. The minimum absolute atomic E-state index is 0.0201. The molecule has 2 aromatic rings. The number of hydrogen-bond acceptors (Lipinski definition) is 3. The van der Waals surface area contributed by atoms with Crippen molar-refractivity contribution in [2.45, 2.75) is 45.7 Å². The lowest BCUT2D eigenvalue weighted by Gasteiger charge is -2.34. The van der Waals surface area contributed by atoms with Crippen LogP contribution in [0, 0.1) is 6.92 Å².